The number of hydrogen-bond acceptors (Lipinski definition) is 3. The van der Waals surface area contributed by atoms with Crippen LogP contribution in [0.2, 0.25) is 5.02 Å². The summed E-state index contributed by atoms with van der Waals surface area (Å²) in [5, 5.41) is 6.28. The van der Waals surface area contributed by atoms with E-state index in [0.717, 1.165) is 41.9 Å². The third kappa shape index (κ3) is 5.01. The molecule has 2 amide bonds. The number of amides is 2. The molecule has 0 aliphatic carbocycles. The number of benzene rings is 3. The van der Waals surface area contributed by atoms with Crippen molar-refractivity contribution in [1.82, 2.24) is 4.90 Å². The minimum absolute atomic E-state index is 0.0223. The lowest BCUT2D eigenvalue weighted by Gasteiger charge is -2.27. The van der Waals surface area contributed by atoms with Crippen LogP contribution in [0, 0.1) is 0 Å². The number of piperidine rings is 1. The van der Waals surface area contributed by atoms with E-state index >= 15 is 0 Å². The van der Waals surface area contributed by atoms with Crippen LogP contribution in [0.3, 0.4) is 0 Å². The molecule has 2 aliphatic heterocycles. The molecule has 0 aromatic heterocycles. The normalized spacial score (nSPS) is 16.0. The van der Waals surface area contributed by atoms with Crippen LogP contribution >= 0.6 is 11.6 Å². The molecule has 0 unspecified atom stereocenters. The van der Waals surface area contributed by atoms with E-state index < -0.39 is 0 Å². The van der Waals surface area contributed by atoms with Gasteiger partial charge in [-0.15, -0.1) is 0 Å². The van der Waals surface area contributed by atoms with Gasteiger partial charge >= 0.3 is 0 Å². The second kappa shape index (κ2) is 10.00. The number of carbonyl (C=O) groups is 2. The van der Waals surface area contributed by atoms with Gasteiger partial charge in [0.2, 0.25) is 5.91 Å². The summed E-state index contributed by atoms with van der Waals surface area (Å²) < 4.78 is 0. The molecule has 1 saturated heterocycles. The van der Waals surface area contributed by atoms with Crippen molar-refractivity contribution in [3.63, 3.8) is 0 Å². The molecule has 2 heterocycles. The third-order valence-corrected chi connectivity index (χ3v) is 6.94. The summed E-state index contributed by atoms with van der Waals surface area (Å²) in [6.45, 7) is 2.99. The van der Waals surface area contributed by atoms with Crippen LogP contribution < -0.4 is 10.6 Å². The first-order valence-electron chi connectivity index (χ1n) is 11.9. The van der Waals surface area contributed by atoms with Crippen molar-refractivity contribution in [2.45, 2.75) is 38.6 Å². The lowest BCUT2D eigenvalue weighted by Crippen LogP contribution is -2.29. The highest BCUT2D eigenvalue weighted by molar-refractivity contribution is 6.34. The summed E-state index contributed by atoms with van der Waals surface area (Å²) >= 11 is 6.46. The summed E-state index contributed by atoms with van der Waals surface area (Å²) in [6.07, 6.45) is 4.81. The van der Waals surface area contributed by atoms with Crippen LogP contribution in [0.4, 0.5) is 11.4 Å². The molecule has 3 aromatic carbocycles. The number of fused-ring (bicyclic) bond motifs is 1. The number of nitrogens with one attached hydrogen (secondary N) is 2. The largest absolute Gasteiger partial charge is 0.326 e. The maximum atomic E-state index is 13.2. The van der Waals surface area contributed by atoms with E-state index in [1.807, 2.05) is 42.5 Å². The topological polar surface area (TPSA) is 61.4 Å². The number of carbonyl (C=O) groups excluding carboxylic acids is 2. The monoisotopic (exact) mass is 473 g/mol. The summed E-state index contributed by atoms with van der Waals surface area (Å²) in [5.74, 6) is -0.241. The van der Waals surface area contributed by atoms with Gasteiger partial charge in [-0.3, -0.25) is 14.5 Å². The van der Waals surface area contributed by atoms with Gasteiger partial charge in [0.15, 0.2) is 0 Å². The molecular weight excluding hydrogens is 446 g/mol. The van der Waals surface area contributed by atoms with E-state index in [1.54, 1.807) is 6.07 Å². The maximum absolute atomic E-state index is 13.2. The molecule has 5 rings (SSSR count). The van der Waals surface area contributed by atoms with Crippen molar-refractivity contribution in [3.05, 3.63) is 82.4 Å². The summed E-state index contributed by atoms with van der Waals surface area (Å²) in [6, 6.07) is 19.8. The first-order chi connectivity index (χ1) is 16.6. The number of anilines is 2. The van der Waals surface area contributed by atoms with Crippen molar-refractivity contribution in [2.75, 3.05) is 23.7 Å². The minimum Gasteiger partial charge on any atom is -0.326 e. The Morgan fingerprint density at radius 1 is 0.971 bits per heavy atom. The Morgan fingerprint density at radius 2 is 1.76 bits per heavy atom. The fourth-order valence-electron chi connectivity index (χ4n) is 4.81. The molecular formula is C28H28ClN3O2. The molecule has 174 valence electrons. The highest BCUT2D eigenvalue weighted by Gasteiger charge is 2.20. The van der Waals surface area contributed by atoms with Crippen LogP contribution in [0.15, 0.2) is 60.7 Å². The van der Waals surface area contributed by atoms with Crippen LogP contribution in [-0.4, -0.2) is 29.8 Å². The van der Waals surface area contributed by atoms with E-state index in [9.17, 15) is 9.59 Å². The molecule has 0 radical (unpaired) electrons. The molecule has 2 N–H and O–H groups in total. The number of nitrogens with zero attached hydrogens (tertiary/aromatic N) is 1. The second-order valence-corrected chi connectivity index (χ2v) is 9.47. The van der Waals surface area contributed by atoms with Crippen molar-refractivity contribution in [1.29, 1.82) is 0 Å². The Balaban J connectivity index is 1.43. The third-order valence-electron chi connectivity index (χ3n) is 6.63. The average Bonchev–Trinajstić information content (AvgIpc) is 2.86. The molecule has 0 atom stereocenters. The van der Waals surface area contributed by atoms with Gasteiger partial charge in [0.25, 0.3) is 5.91 Å². The van der Waals surface area contributed by atoms with Gasteiger partial charge < -0.3 is 10.6 Å². The minimum atomic E-state index is -0.219. The molecule has 0 spiro atoms. The van der Waals surface area contributed by atoms with E-state index in [1.165, 1.54) is 19.3 Å². The molecule has 2 aliphatic rings. The summed E-state index contributed by atoms with van der Waals surface area (Å²) in [5.41, 5.74) is 6.22. The number of likely N-dealkylation sites (tertiary alicyclic amines) is 1. The van der Waals surface area contributed by atoms with Gasteiger partial charge in [-0.25, -0.2) is 0 Å². The number of halogens is 1. The number of rotatable bonds is 5. The highest BCUT2D eigenvalue weighted by Crippen LogP contribution is 2.33. The van der Waals surface area contributed by atoms with Gasteiger partial charge in [-0.2, -0.15) is 0 Å². The fraction of sp³-hybridized carbons (Fsp3) is 0.286. The Hall–Kier alpha value is -3.15. The summed E-state index contributed by atoms with van der Waals surface area (Å²) in [4.78, 5) is 27.5. The van der Waals surface area contributed by atoms with Crippen LogP contribution in [0.25, 0.3) is 11.1 Å². The Bertz CT molecular complexity index is 1220. The van der Waals surface area contributed by atoms with Crippen molar-refractivity contribution < 1.29 is 9.59 Å². The van der Waals surface area contributed by atoms with E-state index in [0.29, 0.717) is 34.8 Å². The predicted molar refractivity (Wildman–Crippen MR) is 137 cm³/mol. The molecule has 3 aromatic rings. The predicted octanol–water partition coefficient (Wildman–Crippen LogP) is 6.13. The first kappa shape index (κ1) is 22.6. The Labute approximate surface area is 205 Å². The highest BCUT2D eigenvalue weighted by atomic mass is 35.5. The van der Waals surface area contributed by atoms with Gasteiger partial charge in [0.1, 0.15) is 0 Å². The van der Waals surface area contributed by atoms with Crippen LogP contribution in [0.5, 0.6) is 0 Å². The molecule has 34 heavy (non-hydrogen) atoms. The smallest absolute Gasteiger partial charge is 0.255 e. The zero-order chi connectivity index (χ0) is 23.5. The van der Waals surface area contributed by atoms with Gasteiger partial charge in [0, 0.05) is 24.2 Å². The lowest BCUT2D eigenvalue weighted by molar-refractivity contribution is -0.116. The molecule has 5 nitrogen and oxygen atoms in total. The van der Waals surface area contributed by atoms with Crippen LogP contribution in [0.1, 0.15) is 47.2 Å². The average molecular weight is 474 g/mol. The molecule has 6 heteroatoms. The molecule has 1 fully saturated rings. The second-order valence-electron chi connectivity index (χ2n) is 9.07. The first-order valence-corrected chi connectivity index (χ1v) is 12.3. The van der Waals surface area contributed by atoms with Gasteiger partial charge in [0.05, 0.1) is 10.7 Å². The van der Waals surface area contributed by atoms with Crippen molar-refractivity contribution in [2.24, 2.45) is 0 Å². The van der Waals surface area contributed by atoms with Crippen LogP contribution in [-0.2, 0) is 17.8 Å². The van der Waals surface area contributed by atoms with Crippen molar-refractivity contribution in [3.8, 4) is 11.1 Å². The van der Waals surface area contributed by atoms with Gasteiger partial charge in [-0.1, -0.05) is 54.4 Å². The Morgan fingerprint density at radius 3 is 2.56 bits per heavy atom. The quantitative estimate of drug-likeness (QED) is 0.468. The van der Waals surface area contributed by atoms with E-state index in [4.69, 9.17) is 11.6 Å². The number of aryl methyl sites for hydroxylation is 1. The maximum Gasteiger partial charge on any atom is 0.255 e. The standard InChI is InChI=1S/C28H28ClN3O2/c29-24-16-20-10-12-27(33)30-25(20)17-26(24)31-28(34)21-9-11-23(19-7-3-1-4-8-19)22(15-21)18-32-13-5-2-6-14-32/h1,3-4,7-9,11,15-17H,2,5-6,10,12-14,18H2,(H,30,33)(H,31,34). The zero-order valence-corrected chi connectivity index (χ0v) is 19.8. The van der Waals surface area contributed by atoms with Crippen molar-refractivity contribution >= 4 is 34.8 Å². The lowest BCUT2D eigenvalue weighted by atomic mass is 9.96. The fourth-order valence-corrected chi connectivity index (χ4v) is 5.05. The zero-order valence-electron chi connectivity index (χ0n) is 19.1. The molecule has 0 bridgehead atoms. The summed E-state index contributed by atoms with van der Waals surface area (Å²) in [7, 11) is 0. The number of hydrogen-bond donors (Lipinski definition) is 2. The Kier molecular flexibility index (Phi) is 6.66. The molecule has 0 saturated carbocycles. The van der Waals surface area contributed by atoms with E-state index in [-0.39, 0.29) is 11.8 Å². The van der Waals surface area contributed by atoms with Gasteiger partial charge in [-0.05, 0) is 78.9 Å². The van der Waals surface area contributed by atoms with E-state index in [2.05, 4.69) is 27.7 Å². The SMILES string of the molecule is O=C1CCc2cc(Cl)c(NC(=O)c3ccc(-c4ccccc4)c(CN4CCCCC4)c3)cc2N1.